The van der Waals surface area contributed by atoms with Gasteiger partial charge in [-0.2, -0.15) is 0 Å². The van der Waals surface area contributed by atoms with Gasteiger partial charge in [-0.15, -0.1) is 11.3 Å². The zero-order chi connectivity index (χ0) is 27.6. The fourth-order valence-electron chi connectivity index (χ4n) is 6.27. The van der Waals surface area contributed by atoms with E-state index in [0.717, 1.165) is 33.5 Å². The first-order valence-electron chi connectivity index (χ1n) is 14.0. The summed E-state index contributed by atoms with van der Waals surface area (Å²) < 4.78 is 4.77. The van der Waals surface area contributed by atoms with Crippen LogP contribution >= 0.6 is 11.3 Å². The maximum atomic E-state index is 5.27. The maximum absolute atomic E-state index is 5.27. The number of para-hydroxylation sites is 1. The highest BCUT2D eigenvalue weighted by Gasteiger charge is 2.23. The lowest BCUT2D eigenvalue weighted by molar-refractivity contribution is 0.998. The normalized spacial score (nSPS) is 11.8. The summed E-state index contributed by atoms with van der Waals surface area (Å²) in [5.41, 5.74) is 6.11. The van der Waals surface area contributed by atoms with E-state index >= 15 is 0 Å². The van der Waals surface area contributed by atoms with E-state index in [1.165, 1.54) is 41.7 Å². The molecule has 5 aromatic carbocycles. The molecule has 4 nitrogen and oxygen atoms in total. The van der Waals surface area contributed by atoms with Gasteiger partial charge < -0.3 is 0 Å². The smallest absolute Gasteiger partial charge is 0.235 e. The summed E-state index contributed by atoms with van der Waals surface area (Å²) in [6.07, 6.45) is 3.91. The van der Waals surface area contributed by atoms with Crippen LogP contribution in [0.1, 0.15) is 0 Å². The van der Waals surface area contributed by atoms with Gasteiger partial charge in [0.2, 0.25) is 5.95 Å². The lowest BCUT2D eigenvalue weighted by Crippen LogP contribution is -2.04. The van der Waals surface area contributed by atoms with Crippen LogP contribution in [0.3, 0.4) is 0 Å². The average molecular weight is 555 g/mol. The van der Waals surface area contributed by atoms with E-state index in [1.54, 1.807) is 0 Å². The second kappa shape index (κ2) is 9.06. The predicted octanol–water partition coefficient (Wildman–Crippen LogP) is 9.82. The molecule has 0 amide bonds. The maximum Gasteiger partial charge on any atom is 0.235 e. The molecular weight excluding hydrogens is 533 g/mol. The minimum atomic E-state index is 0.659. The van der Waals surface area contributed by atoms with Crippen LogP contribution in [0.5, 0.6) is 0 Å². The summed E-state index contributed by atoms with van der Waals surface area (Å²) in [5, 5.41) is 7.20. The van der Waals surface area contributed by atoms with Gasteiger partial charge in [0.25, 0.3) is 0 Å². The van der Waals surface area contributed by atoms with Crippen LogP contribution in [-0.2, 0) is 0 Å². The van der Waals surface area contributed by atoms with Crippen LogP contribution in [0, 0.1) is 0 Å². The summed E-state index contributed by atoms with van der Waals surface area (Å²) in [5.74, 6) is 0.659. The first-order valence-corrected chi connectivity index (χ1v) is 14.8. The average Bonchev–Trinajstić information content (AvgIpc) is 3.62. The number of hydrogen-bond acceptors (Lipinski definition) is 4. The van der Waals surface area contributed by atoms with Crippen LogP contribution in [0.2, 0.25) is 0 Å². The number of hydrogen-bond donors (Lipinski definition) is 0. The topological polar surface area (TPSA) is 43.6 Å². The first-order chi connectivity index (χ1) is 20.8. The molecular formula is C37H22N4S. The monoisotopic (exact) mass is 554 g/mol. The Morgan fingerprint density at radius 2 is 1.19 bits per heavy atom. The standard InChI is InChI=1S/C37H22N4S/c1-3-11-23(12-4-1)29-21-30(24-13-5-2-6-14-24)40-37(39-29)41-31-17-9-7-15-26(31)33-25-19-20-38-22-28(25)36-34(35(33)41)27-16-8-10-18-32(27)42-36/h1-22H. The summed E-state index contributed by atoms with van der Waals surface area (Å²) in [6, 6.07) is 42.3. The largest absolute Gasteiger partial charge is 0.277 e. The fraction of sp³-hybridized carbons (Fsp3) is 0. The Kier molecular flexibility index (Phi) is 5.03. The van der Waals surface area contributed by atoms with Crippen molar-refractivity contribution in [1.82, 2.24) is 19.5 Å². The van der Waals surface area contributed by atoms with E-state index in [1.807, 2.05) is 35.9 Å². The fourth-order valence-corrected chi connectivity index (χ4v) is 7.50. The zero-order valence-electron chi connectivity index (χ0n) is 22.4. The van der Waals surface area contributed by atoms with Crippen LogP contribution < -0.4 is 0 Å². The van der Waals surface area contributed by atoms with Crippen molar-refractivity contribution < 1.29 is 0 Å². The van der Waals surface area contributed by atoms with Gasteiger partial charge >= 0.3 is 0 Å². The Bertz CT molecular complexity index is 2400. The van der Waals surface area contributed by atoms with Gasteiger partial charge in [0.15, 0.2) is 0 Å². The summed E-state index contributed by atoms with van der Waals surface area (Å²) in [6.45, 7) is 0. The minimum absolute atomic E-state index is 0.659. The molecule has 42 heavy (non-hydrogen) atoms. The van der Waals surface area contributed by atoms with Crippen molar-refractivity contribution in [3.63, 3.8) is 0 Å². The molecule has 0 saturated heterocycles. The quantitative estimate of drug-likeness (QED) is 0.218. The van der Waals surface area contributed by atoms with Crippen molar-refractivity contribution in [3.05, 3.63) is 134 Å². The zero-order valence-corrected chi connectivity index (χ0v) is 23.2. The van der Waals surface area contributed by atoms with E-state index < -0.39 is 0 Å². The number of benzene rings is 5. The van der Waals surface area contributed by atoms with Crippen molar-refractivity contribution in [1.29, 1.82) is 0 Å². The molecule has 4 aromatic heterocycles. The molecule has 0 fully saturated rings. The van der Waals surface area contributed by atoms with Crippen LogP contribution in [-0.4, -0.2) is 19.5 Å². The predicted molar refractivity (Wildman–Crippen MR) is 175 cm³/mol. The Balaban J connectivity index is 1.51. The molecule has 0 aliphatic heterocycles. The van der Waals surface area contributed by atoms with Gasteiger partial charge in [0.1, 0.15) is 0 Å². The van der Waals surface area contributed by atoms with E-state index in [9.17, 15) is 0 Å². The van der Waals surface area contributed by atoms with Crippen LogP contribution in [0.25, 0.3) is 81.2 Å². The molecule has 9 aromatic rings. The molecule has 0 bridgehead atoms. The van der Waals surface area contributed by atoms with Gasteiger partial charge in [0, 0.05) is 59.9 Å². The third-order valence-corrected chi connectivity index (χ3v) is 9.30. The Morgan fingerprint density at radius 1 is 0.548 bits per heavy atom. The highest BCUT2D eigenvalue weighted by molar-refractivity contribution is 7.27. The SMILES string of the molecule is c1ccc(-c2cc(-c3ccccc3)nc(-n3c4ccccc4c4c5ccncc5c5sc6ccccc6c5c43)n2)cc1. The minimum Gasteiger partial charge on any atom is -0.277 e. The van der Waals surface area contributed by atoms with Crippen molar-refractivity contribution >= 4 is 64.1 Å². The Hall–Kier alpha value is -5.39. The van der Waals surface area contributed by atoms with Gasteiger partial charge in [-0.05, 0) is 29.7 Å². The molecule has 0 N–H and O–H groups in total. The molecule has 0 aliphatic rings. The molecule has 0 saturated carbocycles. The lowest BCUT2D eigenvalue weighted by atomic mass is 10.0. The van der Waals surface area contributed by atoms with E-state index in [2.05, 4.69) is 119 Å². The van der Waals surface area contributed by atoms with E-state index in [0.29, 0.717) is 5.95 Å². The highest BCUT2D eigenvalue weighted by atomic mass is 32.1. The van der Waals surface area contributed by atoms with Gasteiger partial charge in [0.05, 0.1) is 22.4 Å². The van der Waals surface area contributed by atoms with E-state index in [-0.39, 0.29) is 0 Å². The number of fused-ring (bicyclic) bond motifs is 10. The molecule has 0 unspecified atom stereocenters. The Labute approximate surface area is 245 Å². The Morgan fingerprint density at radius 3 is 1.93 bits per heavy atom. The number of rotatable bonds is 3. The summed E-state index contributed by atoms with van der Waals surface area (Å²) in [4.78, 5) is 15.1. The van der Waals surface area contributed by atoms with Crippen molar-refractivity contribution in [3.8, 4) is 28.5 Å². The number of pyridine rings is 1. The van der Waals surface area contributed by atoms with Gasteiger partial charge in [-0.25, -0.2) is 9.97 Å². The molecule has 0 spiro atoms. The summed E-state index contributed by atoms with van der Waals surface area (Å²) in [7, 11) is 0. The molecule has 9 rings (SSSR count). The van der Waals surface area contributed by atoms with Crippen molar-refractivity contribution in [2.75, 3.05) is 0 Å². The van der Waals surface area contributed by atoms with Crippen LogP contribution in [0.4, 0.5) is 0 Å². The molecule has 5 heteroatoms. The number of aromatic nitrogens is 4. The third-order valence-electron chi connectivity index (χ3n) is 8.10. The highest BCUT2D eigenvalue weighted by Crippen LogP contribution is 2.47. The third kappa shape index (κ3) is 3.38. The van der Waals surface area contributed by atoms with E-state index in [4.69, 9.17) is 9.97 Å². The second-order valence-corrected chi connectivity index (χ2v) is 11.5. The molecule has 0 radical (unpaired) electrons. The summed E-state index contributed by atoms with van der Waals surface area (Å²) >= 11 is 1.83. The van der Waals surface area contributed by atoms with Crippen LogP contribution in [0.15, 0.2) is 134 Å². The second-order valence-electron chi connectivity index (χ2n) is 10.5. The van der Waals surface area contributed by atoms with Crippen molar-refractivity contribution in [2.24, 2.45) is 0 Å². The molecule has 0 atom stereocenters. The first kappa shape index (κ1) is 23.3. The number of thiophene rings is 1. The lowest BCUT2D eigenvalue weighted by Gasteiger charge is -2.13. The molecule has 4 heterocycles. The number of nitrogens with zero attached hydrogens (tertiary/aromatic N) is 4. The van der Waals surface area contributed by atoms with Crippen molar-refractivity contribution in [2.45, 2.75) is 0 Å². The van der Waals surface area contributed by atoms with Gasteiger partial charge in [-0.1, -0.05) is 97.1 Å². The molecule has 0 aliphatic carbocycles. The molecule has 196 valence electrons. The van der Waals surface area contributed by atoms with Gasteiger partial charge in [-0.3, -0.25) is 9.55 Å².